The number of fused-ring (bicyclic) bond motifs is 1. The van der Waals surface area contributed by atoms with E-state index in [9.17, 15) is 0 Å². The molecule has 0 N–H and O–H groups in total. The molecule has 10 heavy (non-hydrogen) atoms. The van der Waals surface area contributed by atoms with E-state index in [1.807, 2.05) is 0 Å². The van der Waals surface area contributed by atoms with Gasteiger partial charge in [0.25, 0.3) is 0 Å². The van der Waals surface area contributed by atoms with E-state index in [2.05, 4.69) is 30.4 Å². The van der Waals surface area contributed by atoms with Crippen LogP contribution in [0.5, 0.6) is 0 Å². The van der Waals surface area contributed by atoms with Gasteiger partial charge in [-0.2, -0.15) is 0 Å². The SMILES string of the molecule is Cc1cccc2c1C[N]C2. The number of hydrogen-bond acceptors (Lipinski definition) is 0. The fourth-order valence-corrected chi connectivity index (χ4v) is 1.43. The van der Waals surface area contributed by atoms with Crippen molar-refractivity contribution in [3.05, 3.63) is 34.9 Å². The molecule has 0 saturated carbocycles. The van der Waals surface area contributed by atoms with E-state index in [0.29, 0.717) is 0 Å². The van der Waals surface area contributed by atoms with E-state index in [1.54, 1.807) is 0 Å². The summed E-state index contributed by atoms with van der Waals surface area (Å²) in [5, 5.41) is 4.31. The molecule has 0 saturated heterocycles. The van der Waals surface area contributed by atoms with Crippen LogP contribution in [0.3, 0.4) is 0 Å². The van der Waals surface area contributed by atoms with E-state index >= 15 is 0 Å². The second-order valence-electron chi connectivity index (χ2n) is 2.75. The summed E-state index contributed by atoms with van der Waals surface area (Å²) in [6, 6.07) is 6.42. The van der Waals surface area contributed by atoms with E-state index < -0.39 is 0 Å². The van der Waals surface area contributed by atoms with Gasteiger partial charge in [0.15, 0.2) is 0 Å². The first-order valence-corrected chi connectivity index (χ1v) is 3.58. The summed E-state index contributed by atoms with van der Waals surface area (Å²) < 4.78 is 0. The Hall–Kier alpha value is -0.820. The third kappa shape index (κ3) is 0.745. The molecule has 0 spiro atoms. The highest BCUT2D eigenvalue weighted by molar-refractivity contribution is 5.36. The first-order chi connectivity index (χ1) is 4.88. The van der Waals surface area contributed by atoms with Gasteiger partial charge in [-0.1, -0.05) is 18.2 Å². The number of benzene rings is 1. The molecule has 0 unspecified atom stereocenters. The van der Waals surface area contributed by atoms with Gasteiger partial charge >= 0.3 is 0 Å². The van der Waals surface area contributed by atoms with Crippen LogP contribution in [0, 0.1) is 6.92 Å². The Morgan fingerprint density at radius 3 is 3.00 bits per heavy atom. The predicted octanol–water partition coefficient (Wildman–Crippen LogP) is 1.61. The molecule has 1 aromatic rings. The van der Waals surface area contributed by atoms with Gasteiger partial charge in [0, 0.05) is 13.1 Å². The smallest absolute Gasteiger partial charge is 0.0394 e. The molecule has 1 heteroatoms. The molecule has 1 heterocycles. The van der Waals surface area contributed by atoms with Crippen molar-refractivity contribution in [2.75, 3.05) is 0 Å². The summed E-state index contributed by atoms with van der Waals surface area (Å²) in [6.07, 6.45) is 0. The van der Waals surface area contributed by atoms with Gasteiger partial charge in [0.05, 0.1) is 0 Å². The maximum absolute atomic E-state index is 4.31. The van der Waals surface area contributed by atoms with Crippen LogP contribution in [-0.4, -0.2) is 0 Å². The fourth-order valence-electron chi connectivity index (χ4n) is 1.43. The highest BCUT2D eigenvalue weighted by Crippen LogP contribution is 2.19. The maximum Gasteiger partial charge on any atom is 0.0394 e. The van der Waals surface area contributed by atoms with Crippen LogP contribution >= 0.6 is 0 Å². The molecule has 1 aliphatic rings. The second kappa shape index (κ2) is 2.10. The summed E-state index contributed by atoms with van der Waals surface area (Å²) >= 11 is 0. The average Bonchev–Trinajstić information content (AvgIpc) is 2.36. The zero-order chi connectivity index (χ0) is 6.97. The van der Waals surface area contributed by atoms with Gasteiger partial charge in [-0.15, -0.1) is 0 Å². The van der Waals surface area contributed by atoms with Crippen molar-refractivity contribution in [2.24, 2.45) is 0 Å². The summed E-state index contributed by atoms with van der Waals surface area (Å²) in [5.74, 6) is 0. The van der Waals surface area contributed by atoms with Gasteiger partial charge in [-0.25, -0.2) is 5.32 Å². The Labute approximate surface area is 61.1 Å². The number of nitrogens with zero attached hydrogens (tertiary/aromatic N) is 1. The Kier molecular flexibility index (Phi) is 1.24. The normalized spacial score (nSPS) is 15.3. The largest absolute Gasteiger partial charge is 0.232 e. The molecule has 0 bridgehead atoms. The lowest BCUT2D eigenvalue weighted by molar-refractivity contribution is 0.745. The highest BCUT2D eigenvalue weighted by atomic mass is 14.9. The van der Waals surface area contributed by atoms with Crippen molar-refractivity contribution in [3.63, 3.8) is 0 Å². The van der Waals surface area contributed by atoms with E-state index in [4.69, 9.17) is 0 Å². The third-order valence-electron chi connectivity index (χ3n) is 2.06. The molecule has 1 aliphatic heterocycles. The molecule has 51 valence electrons. The number of hydrogen-bond donors (Lipinski definition) is 0. The van der Waals surface area contributed by atoms with Crippen LogP contribution in [0.4, 0.5) is 0 Å². The first-order valence-electron chi connectivity index (χ1n) is 3.58. The zero-order valence-corrected chi connectivity index (χ0v) is 6.09. The molecular formula is C9H10N. The van der Waals surface area contributed by atoms with Crippen LogP contribution < -0.4 is 5.32 Å². The second-order valence-corrected chi connectivity index (χ2v) is 2.75. The fraction of sp³-hybridized carbons (Fsp3) is 0.333. The van der Waals surface area contributed by atoms with Crippen LogP contribution in [0.1, 0.15) is 16.7 Å². The molecule has 1 aromatic carbocycles. The molecule has 1 radical (unpaired) electrons. The minimum Gasteiger partial charge on any atom is -0.232 e. The molecule has 0 amide bonds. The van der Waals surface area contributed by atoms with Crippen LogP contribution in [0.15, 0.2) is 18.2 Å². The molecule has 0 atom stereocenters. The average molecular weight is 132 g/mol. The van der Waals surface area contributed by atoms with Gasteiger partial charge in [0.2, 0.25) is 0 Å². The Morgan fingerprint density at radius 2 is 2.20 bits per heavy atom. The topological polar surface area (TPSA) is 14.1 Å². The lowest BCUT2D eigenvalue weighted by atomic mass is 10.1. The van der Waals surface area contributed by atoms with Gasteiger partial charge < -0.3 is 0 Å². The Morgan fingerprint density at radius 1 is 1.30 bits per heavy atom. The Bertz CT molecular complexity index is 253. The predicted molar refractivity (Wildman–Crippen MR) is 40.7 cm³/mol. The standard InChI is InChI=1S/C9H10N/c1-7-3-2-4-8-5-10-6-9(7)8/h2-4H,5-6H2,1H3. The summed E-state index contributed by atoms with van der Waals surface area (Å²) in [4.78, 5) is 0. The van der Waals surface area contributed by atoms with Crippen molar-refractivity contribution >= 4 is 0 Å². The number of rotatable bonds is 0. The molecule has 0 fully saturated rings. The van der Waals surface area contributed by atoms with Crippen LogP contribution in [0.2, 0.25) is 0 Å². The van der Waals surface area contributed by atoms with E-state index in [-0.39, 0.29) is 0 Å². The van der Waals surface area contributed by atoms with E-state index in [0.717, 1.165) is 13.1 Å². The molecule has 1 nitrogen and oxygen atoms in total. The van der Waals surface area contributed by atoms with Crippen LogP contribution in [0.25, 0.3) is 0 Å². The quantitative estimate of drug-likeness (QED) is 0.509. The highest BCUT2D eigenvalue weighted by Gasteiger charge is 2.11. The number of aryl methyl sites for hydroxylation is 1. The van der Waals surface area contributed by atoms with E-state index in [1.165, 1.54) is 16.7 Å². The summed E-state index contributed by atoms with van der Waals surface area (Å²) in [6.45, 7) is 4.01. The van der Waals surface area contributed by atoms with Gasteiger partial charge in [0.1, 0.15) is 0 Å². The van der Waals surface area contributed by atoms with Crippen molar-refractivity contribution in [3.8, 4) is 0 Å². The van der Waals surface area contributed by atoms with Gasteiger partial charge in [-0.3, -0.25) is 0 Å². The molecule has 0 aliphatic carbocycles. The van der Waals surface area contributed by atoms with Crippen molar-refractivity contribution < 1.29 is 0 Å². The summed E-state index contributed by atoms with van der Waals surface area (Å²) in [7, 11) is 0. The minimum atomic E-state index is 0.928. The summed E-state index contributed by atoms with van der Waals surface area (Å²) in [5.41, 5.74) is 4.25. The zero-order valence-electron chi connectivity index (χ0n) is 6.09. The lowest BCUT2D eigenvalue weighted by Gasteiger charge is -1.99. The third-order valence-corrected chi connectivity index (χ3v) is 2.06. The molecule has 0 aromatic heterocycles. The monoisotopic (exact) mass is 132 g/mol. The van der Waals surface area contributed by atoms with Crippen LogP contribution in [-0.2, 0) is 13.1 Å². The molecular weight excluding hydrogens is 122 g/mol. The van der Waals surface area contributed by atoms with Crippen molar-refractivity contribution in [2.45, 2.75) is 20.0 Å². The van der Waals surface area contributed by atoms with Crippen molar-refractivity contribution in [1.82, 2.24) is 5.32 Å². The van der Waals surface area contributed by atoms with Crippen molar-refractivity contribution in [1.29, 1.82) is 0 Å². The Balaban J connectivity index is 2.59. The molecule has 2 rings (SSSR count). The maximum atomic E-state index is 4.31. The van der Waals surface area contributed by atoms with Gasteiger partial charge in [-0.05, 0) is 23.6 Å². The minimum absolute atomic E-state index is 0.928. The first kappa shape index (κ1) is 5.93. The lowest BCUT2D eigenvalue weighted by Crippen LogP contribution is -1.89.